The standard InChI is InChI=1S/C19H15Cl2N3O4S/c20-13-3-8-16(17(21)12-13)19-18-2-1-9-22(18)10-11-23(19)29(27,28)15-6-4-14(5-7-15)24(25)26/h1-9,12,19H,10-11H2/t19-/m1/s1. The number of hydrogen-bond acceptors (Lipinski definition) is 4. The molecule has 3 aromatic rings. The Balaban J connectivity index is 1.83. The number of nitro benzene ring substituents is 1. The van der Waals surface area contributed by atoms with Crippen molar-refractivity contribution in [3.8, 4) is 0 Å². The van der Waals surface area contributed by atoms with Crippen molar-refractivity contribution in [1.82, 2.24) is 8.87 Å². The first-order chi connectivity index (χ1) is 13.8. The van der Waals surface area contributed by atoms with Gasteiger partial charge in [0.05, 0.1) is 15.9 Å². The lowest BCUT2D eigenvalue weighted by molar-refractivity contribution is -0.384. The molecule has 0 amide bonds. The zero-order valence-corrected chi connectivity index (χ0v) is 17.2. The van der Waals surface area contributed by atoms with Gasteiger partial charge in [0, 0.05) is 47.2 Å². The van der Waals surface area contributed by atoms with Crippen LogP contribution in [0.1, 0.15) is 17.3 Å². The van der Waals surface area contributed by atoms with Crippen LogP contribution in [0.2, 0.25) is 10.0 Å². The molecule has 7 nitrogen and oxygen atoms in total. The van der Waals surface area contributed by atoms with Crippen LogP contribution in [0.4, 0.5) is 5.69 Å². The van der Waals surface area contributed by atoms with Gasteiger partial charge in [-0.25, -0.2) is 8.42 Å². The van der Waals surface area contributed by atoms with Crippen LogP contribution in [0.25, 0.3) is 0 Å². The molecule has 1 aliphatic heterocycles. The molecule has 0 aliphatic carbocycles. The van der Waals surface area contributed by atoms with E-state index in [0.29, 0.717) is 22.2 Å². The van der Waals surface area contributed by atoms with Crippen LogP contribution in [-0.2, 0) is 16.6 Å². The second kappa shape index (κ2) is 7.46. The second-order valence-corrected chi connectivity index (χ2v) is 9.30. The zero-order chi connectivity index (χ0) is 20.8. The molecule has 150 valence electrons. The Hall–Kier alpha value is -2.39. The predicted molar refractivity (Wildman–Crippen MR) is 110 cm³/mol. The minimum atomic E-state index is -3.94. The van der Waals surface area contributed by atoms with Crippen LogP contribution in [-0.4, -0.2) is 28.8 Å². The summed E-state index contributed by atoms with van der Waals surface area (Å²) in [6.07, 6.45) is 1.89. The van der Waals surface area contributed by atoms with Crippen LogP contribution in [0, 0.1) is 10.1 Å². The topological polar surface area (TPSA) is 85.4 Å². The van der Waals surface area contributed by atoms with E-state index >= 15 is 0 Å². The van der Waals surface area contributed by atoms with Crippen molar-refractivity contribution in [1.29, 1.82) is 0 Å². The smallest absolute Gasteiger partial charge is 0.269 e. The minimum Gasteiger partial charge on any atom is -0.348 e. The molecule has 4 rings (SSSR count). The number of sulfonamides is 1. The van der Waals surface area contributed by atoms with Gasteiger partial charge >= 0.3 is 0 Å². The van der Waals surface area contributed by atoms with Crippen molar-refractivity contribution in [2.75, 3.05) is 6.54 Å². The molecule has 0 saturated carbocycles. The van der Waals surface area contributed by atoms with Crippen molar-refractivity contribution in [3.63, 3.8) is 0 Å². The molecule has 1 atom stereocenters. The lowest BCUT2D eigenvalue weighted by Crippen LogP contribution is -2.42. The van der Waals surface area contributed by atoms with E-state index in [1.165, 1.54) is 28.6 Å². The SMILES string of the molecule is O=[N+]([O-])c1ccc(S(=O)(=O)N2CCn3cccc3[C@H]2c2ccc(Cl)cc2Cl)cc1. The second-order valence-electron chi connectivity index (χ2n) is 6.56. The van der Waals surface area contributed by atoms with E-state index in [-0.39, 0.29) is 17.1 Å². The molecule has 0 spiro atoms. The lowest BCUT2D eigenvalue weighted by Gasteiger charge is -2.36. The van der Waals surface area contributed by atoms with Crippen LogP contribution in [0.3, 0.4) is 0 Å². The highest BCUT2D eigenvalue weighted by Gasteiger charge is 2.38. The van der Waals surface area contributed by atoms with Gasteiger partial charge in [-0.2, -0.15) is 4.31 Å². The number of nitrogens with zero attached hydrogens (tertiary/aromatic N) is 3. The van der Waals surface area contributed by atoms with E-state index in [2.05, 4.69) is 0 Å². The van der Waals surface area contributed by atoms with Crippen LogP contribution < -0.4 is 0 Å². The van der Waals surface area contributed by atoms with Crippen molar-refractivity contribution in [3.05, 3.63) is 92.2 Å². The first-order valence-electron chi connectivity index (χ1n) is 8.65. The Bertz CT molecular complexity index is 1190. The third-order valence-corrected chi connectivity index (χ3v) is 7.35. The van der Waals surface area contributed by atoms with Crippen molar-refractivity contribution in [2.24, 2.45) is 0 Å². The Morgan fingerprint density at radius 3 is 2.41 bits per heavy atom. The summed E-state index contributed by atoms with van der Waals surface area (Å²) in [6, 6.07) is 12.9. The van der Waals surface area contributed by atoms with E-state index in [0.717, 1.165) is 5.69 Å². The molecule has 0 N–H and O–H groups in total. The minimum absolute atomic E-state index is 0.0156. The van der Waals surface area contributed by atoms with Gasteiger partial charge in [0.2, 0.25) is 10.0 Å². The summed E-state index contributed by atoms with van der Waals surface area (Å²) < 4.78 is 30.2. The Kier molecular flexibility index (Phi) is 5.12. The van der Waals surface area contributed by atoms with Gasteiger partial charge in [0.1, 0.15) is 0 Å². The number of hydrogen-bond donors (Lipinski definition) is 0. The molecule has 0 unspecified atom stereocenters. The lowest BCUT2D eigenvalue weighted by atomic mass is 10.0. The molecular formula is C19H15Cl2N3O4S. The maximum Gasteiger partial charge on any atom is 0.269 e. The number of benzene rings is 2. The van der Waals surface area contributed by atoms with Gasteiger partial charge < -0.3 is 4.57 Å². The number of fused-ring (bicyclic) bond motifs is 1. The fourth-order valence-corrected chi connectivity index (χ4v) is 5.62. The molecule has 29 heavy (non-hydrogen) atoms. The van der Waals surface area contributed by atoms with Gasteiger partial charge in [0.25, 0.3) is 5.69 Å². The largest absolute Gasteiger partial charge is 0.348 e. The average molecular weight is 452 g/mol. The van der Waals surface area contributed by atoms with E-state index in [1.54, 1.807) is 18.2 Å². The Labute approximate surface area is 177 Å². The van der Waals surface area contributed by atoms with E-state index < -0.39 is 21.0 Å². The van der Waals surface area contributed by atoms with E-state index in [4.69, 9.17) is 23.2 Å². The van der Waals surface area contributed by atoms with Crippen LogP contribution in [0.15, 0.2) is 65.7 Å². The molecule has 1 aliphatic rings. The third-order valence-electron chi connectivity index (χ3n) is 4.91. The van der Waals surface area contributed by atoms with E-state index in [9.17, 15) is 18.5 Å². The highest BCUT2D eigenvalue weighted by atomic mass is 35.5. The summed E-state index contributed by atoms with van der Waals surface area (Å²) in [5.41, 5.74) is 1.22. The highest BCUT2D eigenvalue weighted by Crippen LogP contribution is 2.40. The number of aromatic nitrogens is 1. The fraction of sp³-hybridized carbons (Fsp3) is 0.158. The molecule has 0 fully saturated rings. The fourth-order valence-electron chi connectivity index (χ4n) is 3.53. The molecular weight excluding hydrogens is 437 g/mol. The molecule has 0 saturated heterocycles. The number of halogens is 2. The van der Waals surface area contributed by atoms with Gasteiger partial charge in [-0.05, 0) is 42.0 Å². The molecule has 1 aromatic heterocycles. The molecule has 2 aromatic carbocycles. The Morgan fingerprint density at radius 1 is 1.03 bits per heavy atom. The monoisotopic (exact) mass is 451 g/mol. The summed E-state index contributed by atoms with van der Waals surface area (Å²) >= 11 is 12.4. The number of nitro groups is 1. The highest BCUT2D eigenvalue weighted by molar-refractivity contribution is 7.89. The third kappa shape index (κ3) is 3.53. The van der Waals surface area contributed by atoms with Crippen LogP contribution in [0.5, 0.6) is 0 Å². The van der Waals surface area contributed by atoms with Gasteiger partial charge in [-0.1, -0.05) is 29.3 Å². The number of rotatable bonds is 4. The van der Waals surface area contributed by atoms with Crippen molar-refractivity contribution < 1.29 is 13.3 Å². The summed E-state index contributed by atoms with van der Waals surface area (Å²) in [4.78, 5) is 10.3. The van der Waals surface area contributed by atoms with E-state index in [1.807, 2.05) is 22.9 Å². The summed E-state index contributed by atoms with van der Waals surface area (Å²) in [5, 5.41) is 11.7. The van der Waals surface area contributed by atoms with Gasteiger partial charge in [-0.15, -0.1) is 0 Å². The normalized spacial score (nSPS) is 17.1. The molecule has 0 radical (unpaired) electrons. The Morgan fingerprint density at radius 2 is 1.76 bits per heavy atom. The average Bonchev–Trinajstić information content (AvgIpc) is 3.16. The van der Waals surface area contributed by atoms with Gasteiger partial charge in [-0.3, -0.25) is 10.1 Å². The molecule has 10 heteroatoms. The summed E-state index contributed by atoms with van der Waals surface area (Å²) in [7, 11) is -3.94. The molecule has 2 heterocycles. The zero-order valence-electron chi connectivity index (χ0n) is 14.9. The molecule has 0 bridgehead atoms. The number of non-ortho nitro benzene ring substituents is 1. The van der Waals surface area contributed by atoms with Crippen molar-refractivity contribution >= 4 is 38.9 Å². The van der Waals surface area contributed by atoms with Crippen LogP contribution >= 0.6 is 23.2 Å². The first-order valence-corrected chi connectivity index (χ1v) is 10.8. The summed E-state index contributed by atoms with van der Waals surface area (Å²) in [6.45, 7) is 0.709. The quantitative estimate of drug-likeness (QED) is 0.431. The first kappa shape index (κ1) is 19.9. The maximum atomic E-state index is 13.4. The maximum absolute atomic E-state index is 13.4. The van der Waals surface area contributed by atoms with Crippen molar-refractivity contribution in [2.45, 2.75) is 17.5 Å². The predicted octanol–water partition coefficient (Wildman–Crippen LogP) is 4.50. The summed E-state index contributed by atoms with van der Waals surface area (Å²) in [5.74, 6) is 0. The van der Waals surface area contributed by atoms with Gasteiger partial charge in [0.15, 0.2) is 0 Å².